The van der Waals surface area contributed by atoms with Crippen molar-refractivity contribution in [3.05, 3.63) is 17.7 Å². The van der Waals surface area contributed by atoms with Crippen LogP contribution in [0.5, 0.6) is 17.2 Å². The Labute approximate surface area is 129 Å². The number of hydrogen-bond donors (Lipinski definition) is 8. The van der Waals surface area contributed by atoms with Gasteiger partial charge in [-0.05, 0) is 12.1 Å². The average molecular weight is 332 g/mol. The summed E-state index contributed by atoms with van der Waals surface area (Å²) in [5, 5.41) is 75.6. The molecule has 1 aromatic rings. The summed E-state index contributed by atoms with van der Waals surface area (Å²) in [7, 11) is 0. The van der Waals surface area contributed by atoms with Gasteiger partial charge in [0.1, 0.15) is 18.3 Å². The number of aromatic hydroxyl groups is 3. The molecule has 1 aromatic carbocycles. The molecule has 0 aliphatic rings. The van der Waals surface area contributed by atoms with Crippen LogP contribution in [0.25, 0.3) is 0 Å². The lowest BCUT2D eigenvalue weighted by molar-refractivity contribution is -0.152. The van der Waals surface area contributed by atoms with Crippen LogP contribution < -0.4 is 0 Å². The number of carbonyl (C=O) groups excluding carboxylic acids is 2. The summed E-state index contributed by atoms with van der Waals surface area (Å²) in [5.74, 6) is -4.23. The Balaban J connectivity index is 3.27. The molecule has 10 heteroatoms. The maximum absolute atomic E-state index is 12.2. The minimum atomic E-state index is -3.06. The molecule has 4 atom stereocenters. The lowest BCUT2D eigenvalue weighted by atomic mass is 9.84. The Hall–Kier alpha value is -2.24. The number of ketones is 1. The van der Waals surface area contributed by atoms with Gasteiger partial charge in [-0.2, -0.15) is 0 Å². The first-order chi connectivity index (χ1) is 10.6. The van der Waals surface area contributed by atoms with Crippen LogP contribution in [0, 0.1) is 0 Å². The van der Waals surface area contributed by atoms with E-state index in [0.717, 1.165) is 0 Å². The summed E-state index contributed by atoms with van der Waals surface area (Å²) < 4.78 is 0. The maximum atomic E-state index is 12.2. The van der Waals surface area contributed by atoms with Crippen molar-refractivity contribution in [3.8, 4) is 17.2 Å². The molecule has 0 saturated carbocycles. The molecule has 0 bridgehead atoms. The van der Waals surface area contributed by atoms with Crippen molar-refractivity contribution in [2.24, 2.45) is 0 Å². The van der Waals surface area contributed by atoms with Crippen LogP contribution in [0.15, 0.2) is 12.1 Å². The Morgan fingerprint density at radius 1 is 1.13 bits per heavy atom. The van der Waals surface area contributed by atoms with E-state index < -0.39 is 59.1 Å². The number of rotatable bonds is 7. The van der Waals surface area contributed by atoms with Crippen molar-refractivity contribution in [1.82, 2.24) is 0 Å². The summed E-state index contributed by atoms with van der Waals surface area (Å²) >= 11 is 0. The number of carbonyl (C=O) groups is 2. The summed E-state index contributed by atoms with van der Waals surface area (Å²) in [6, 6.07) is 1.26. The van der Waals surface area contributed by atoms with E-state index in [-0.39, 0.29) is 6.29 Å². The van der Waals surface area contributed by atoms with Gasteiger partial charge < -0.3 is 45.6 Å². The number of benzene rings is 1. The predicted molar refractivity (Wildman–Crippen MR) is 71.9 cm³/mol. The van der Waals surface area contributed by atoms with Crippen molar-refractivity contribution in [2.75, 3.05) is 6.61 Å². The molecular weight excluding hydrogens is 316 g/mol. The van der Waals surface area contributed by atoms with Crippen molar-refractivity contribution in [2.45, 2.75) is 23.9 Å². The Bertz CT molecular complexity index is 577. The Morgan fingerprint density at radius 3 is 2.00 bits per heavy atom. The van der Waals surface area contributed by atoms with E-state index >= 15 is 0 Å². The minimum absolute atomic E-state index is 0.158. The van der Waals surface area contributed by atoms with Gasteiger partial charge in [-0.25, -0.2) is 0 Å². The zero-order valence-electron chi connectivity index (χ0n) is 11.6. The van der Waals surface area contributed by atoms with Gasteiger partial charge in [-0.15, -0.1) is 0 Å². The van der Waals surface area contributed by atoms with Crippen LogP contribution in [0.4, 0.5) is 0 Å². The van der Waals surface area contributed by atoms with Gasteiger partial charge in [0.15, 0.2) is 34.9 Å². The molecule has 0 aliphatic heterocycles. The summed E-state index contributed by atoms with van der Waals surface area (Å²) in [5.41, 5.74) is -3.68. The smallest absolute Gasteiger partial charge is 0.200 e. The summed E-state index contributed by atoms with van der Waals surface area (Å²) in [6.45, 7) is -1.42. The van der Waals surface area contributed by atoms with Crippen molar-refractivity contribution in [3.63, 3.8) is 0 Å². The fourth-order valence-corrected chi connectivity index (χ4v) is 1.83. The van der Waals surface area contributed by atoms with Gasteiger partial charge in [-0.1, -0.05) is 0 Å². The molecule has 1 rings (SSSR count). The fraction of sp³-hybridized carbons (Fsp3) is 0.385. The molecule has 0 fully saturated rings. The van der Waals surface area contributed by atoms with Gasteiger partial charge in [-0.3, -0.25) is 4.79 Å². The van der Waals surface area contributed by atoms with Crippen LogP contribution in [-0.4, -0.2) is 83.4 Å². The molecule has 23 heavy (non-hydrogen) atoms. The van der Waals surface area contributed by atoms with Gasteiger partial charge >= 0.3 is 0 Å². The lowest BCUT2D eigenvalue weighted by Gasteiger charge is -2.33. The predicted octanol–water partition coefficient (Wildman–Crippen LogP) is -3.01. The molecule has 128 valence electrons. The number of phenolic OH excluding ortho intramolecular Hbond substituents is 3. The Morgan fingerprint density at radius 2 is 1.61 bits per heavy atom. The zero-order chi connectivity index (χ0) is 17.9. The highest BCUT2D eigenvalue weighted by atomic mass is 16.4. The SMILES string of the molecule is O=CC(O)C(O)C(O)C(O)(CO)C(=O)c1cc(O)c(O)c(O)c1. The van der Waals surface area contributed by atoms with Crippen LogP contribution in [0.2, 0.25) is 0 Å². The van der Waals surface area contributed by atoms with Crippen LogP contribution >= 0.6 is 0 Å². The van der Waals surface area contributed by atoms with Gasteiger partial charge in [0.2, 0.25) is 0 Å². The number of hydrogen-bond acceptors (Lipinski definition) is 10. The zero-order valence-corrected chi connectivity index (χ0v) is 11.6. The summed E-state index contributed by atoms with van der Waals surface area (Å²) in [4.78, 5) is 22.6. The third kappa shape index (κ3) is 3.41. The molecule has 0 heterocycles. The summed E-state index contributed by atoms with van der Waals surface area (Å²) in [6.07, 6.45) is -7.07. The van der Waals surface area contributed by atoms with Gasteiger partial charge in [0.05, 0.1) is 6.61 Å². The van der Waals surface area contributed by atoms with Crippen LogP contribution in [-0.2, 0) is 4.79 Å². The molecule has 4 unspecified atom stereocenters. The van der Waals surface area contributed by atoms with Crippen molar-refractivity contribution < 1.29 is 50.4 Å². The second-order valence-electron chi connectivity index (χ2n) is 4.84. The number of aldehydes is 1. The van der Waals surface area contributed by atoms with E-state index in [1.807, 2.05) is 0 Å². The molecule has 0 aromatic heterocycles. The van der Waals surface area contributed by atoms with E-state index in [9.17, 15) is 45.3 Å². The molecular formula is C13H16O10. The van der Waals surface area contributed by atoms with E-state index in [4.69, 9.17) is 5.11 Å². The van der Waals surface area contributed by atoms with Gasteiger partial charge in [0.25, 0.3) is 0 Å². The Kier molecular flexibility index (Phi) is 5.64. The van der Waals surface area contributed by atoms with E-state index in [1.165, 1.54) is 0 Å². The molecule has 0 aliphatic carbocycles. The largest absolute Gasteiger partial charge is 0.504 e. The average Bonchev–Trinajstić information content (AvgIpc) is 2.55. The minimum Gasteiger partial charge on any atom is -0.504 e. The normalized spacial score (nSPS) is 17.8. The fourth-order valence-electron chi connectivity index (χ4n) is 1.83. The molecule has 10 nitrogen and oxygen atoms in total. The lowest BCUT2D eigenvalue weighted by Crippen LogP contribution is -2.59. The van der Waals surface area contributed by atoms with Crippen LogP contribution in [0.3, 0.4) is 0 Å². The van der Waals surface area contributed by atoms with E-state index in [0.29, 0.717) is 12.1 Å². The first kappa shape index (κ1) is 18.8. The molecule has 8 N–H and O–H groups in total. The molecule has 0 saturated heterocycles. The second kappa shape index (κ2) is 6.89. The second-order valence-corrected chi connectivity index (χ2v) is 4.84. The van der Waals surface area contributed by atoms with Crippen LogP contribution in [0.1, 0.15) is 10.4 Å². The van der Waals surface area contributed by atoms with E-state index in [1.54, 1.807) is 0 Å². The standard InChI is InChI=1S/C13H16O10/c14-3-8(18)10(20)12(22)13(23,4-15)11(21)5-1-6(16)9(19)7(17)2-5/h1-3,8,10,12,15-20,22-23H,4H2. The van der Waals surface area contributed by atoms with Gasteiger partial charge in [0, 0.05) is 5.56 Å². The highest BCUT2D eigenvalue weighted by molar-refractivity contribution is 6.04. The van der Waals surface area contributed by atoms with E-state index in [2.05, 4.69) is 0 Å². The molecule has 0 radical (unpaired) electrons. The maximum Gasteiger partial charge on any atom is 0.200 e. The first-order valence-electron chi connectivity index (χ1n) is 6.22. The number of phenols is 3. The third-order valence-corrected chi connectivity index (χ3v) is 3.27. The van der Waals surface area contributed by atoms with Crippen molar-refractivity contribution >= 4 is 12.1 Å². The number of aliphatic hydroxyl groups is 5. The quantitative estimate of drug-likeness (QED) is 0.145. The molecule has 0 amide bonds. The number of Topliss-reactive ketones (excluding diaryl/α,β-unsaturated/α-hetero) is 1. The van der Waals surface area contributed by atoms with Crippen molar-refractivity contribution in [1.29, 1.82) is 0 Å². The topological polar surface area (TPSA) is 196 Å². The third-order valence-electron chi connectivity index (χ3n) is 3.27. The molecule has 0 spiro atoms. The highest BCUT2D eigenvalue weighted by Crippen LogP contribution is 2.36. The first-order valence-corrected chi connectivity index (χ1v) is 6.22. The monoisotopic (exact) mass is 332 g/mol. The highest BCUT2D eigenvalue weighted by Gasteiger charge is 2.48. The number of aliphatic hydroxyl groups excluding tert-OH is 4.